The molecule has 1 aliphatic carbocycles. The van der Waals surface area contributed by atoms with Crippen LogP contribution in [0.25, 0.3) is 0 Å². The van der Waals surface area contributed by atoms with E-state index in [-0.39, 0.29) is 0 Å². The maximum atomic E-state index is 11.7. The van der Waals surface area contributed by atoms with Gasteiger partial charge >= 0.3 is 5.97 Å². The molecule has 1 N–H and O–H groups in total. The summed E-state index contributed by atoms with van der Waals surface area (Å²) in [5, 5.41) is 9.63. The number of nitrogens with zero attached hydrogens (tertiary/aromatic N) is 1. The molecule has 0 bridgehead atoms. The number of carboxylic acids is 1. The van der Waals surface area contributed by atoms with Crippen LogP contribution >= 0.6 is 0 Å². The summed E-state index contributed by atoms with van der Waals surface area (Å²) in [6.45, 7) is 1.73. The van der Waals surface area contributed by atoms with Gasteiger partial charge in [-0.15, -0.1) is 0 Å². The molecule has 21 heavy (non-hydrogen) atoms. The molecule has 0 aromatic heterocycles. The first-order valence-electron chi connectivity index (χ1n) is 8.27. The zero-order chi connectivity index (χ0) is 14.7. The Balaban J connectivity index is 1.74. The fourth-order valence-electron chi connectivity index (χ4n) is 4.20. The average Bonchev–Trinajstić information content (AvgIpc) is 2.53. The van der Waals surface area contributed by atoms with Gasteiger partial charge in [-0.25, -0.2) is 0 Å². The molecule has 3 nitrogen and oxygen atoms in total. The minimum Gasteiger partial charge on any atom is -0.481 e. The summed E-state index contributed by atoms with van der Waals surface area (Å²) in [5.74, 6) is -0.288. The topological polar surface area (TPSA) is 40.5 Å². The van der Waals surface area contributed by atoms with Crippen molar-refractivity contribution in [1.29, 1.82) is 0 Å². The van der Waals surface area contributed by atoms with Gasteiger partial charge in [0.1, 0.15) is 0 Å². The number of benzene rings is 1. The molecule has 1 aromatic carbocycles. The summed E-state index contributed by atoms with van der Waals surface area (Å²) in [6, 6.07) is 10.3. The number of hydrogen-bond donors (Lipinski definition) is 1. The first kappa shape index (κ1) is 14.6. The molecule has 3 rings (SSSR count). The zero-order valence-electron chi connectivity index (χ0n) is 12.6. The number of likely N-dealkylation sites (tertiary alicyclic amines) is 1. The van der Waals surface area contributed by atoms with Crippen LogP contribution < -0.4 is 0 Å². The third-order valence-electron chi connectivity index (χ3n) is 5.28. The van der Waals surface area contributed by atoms with Gasteiger partial charge in [-0.2, -0.15) is 0 Å². The summed E-state index contributed by atoms with van der Waals surface area (Å²) in [5.41, 5.74) is 0.933. The van der Waals surface area contributed by atoms with E-state index in [0.29, 0.717) is 12.6 Å². The molecule has 0 spiro atoms. The van der Waals surface area contributed by atoms with Crippen molar-refractivity contribution in [1.82, 2.24) is 4.90 Å². The van der Waals surface area contributed by atoms with E-state index in [9.17, 15) is 9.90 Å². The number of carboxylic acid groups (broad SMARTS) is 1. The highest BCUT2D eigenvalue weighted by Gasteiger charge is 2.35. The molecule has 1 saturated carbocycles. The molecule has 1 heterocycles. The van der Waals surface area contributed by atoms with Gasteiger partial charge in [0.05, 0.1) is 5.92 Å². The highest BCUT2D eigenvalue weighted by molar-refractivity contribution is 5.76. The lowest BCUT2D eigenvalue weighted by Crippen LogP contribution is -2.48. The predicted molar refractivity (Wildman–Crippen MR) is 83.4 cm³/mol. The highest BCUT2D eigenvalue weighted by atomic mass is 16.4. The van der Waals surface area contributed by atoms with E-state index in [1.165, 1.54) is 38.5 Å². The van der Waals surface area contributed by atoms with Crippen LogP contribution in [0.4, 0.5) is 0 Å². The first-order valence-corrected chi connectivity index (χ1v) is 8.27. The maximum Gasteiger partial charge on any atom is 0.312 e. The van der Waals surface area contributed by atoms with Crippen LogP contribution in [-0.4, -0.2) is 35.1 Å². The third-order valence-corrected chi connectivity index (χ3v) is 5.28. The minimum atomic E-state index is -0.695. The van der Waals surface area contributed by atoms with Crippen LogP contribution in [0.2, 0.25) is 0 Å². The molecule has 2 fully saturated rings. The Hall–Kier alpha value is -1.35. The van der Waals surface area contributed by atoms with Gasteiger partial charge in [-0.3, -0.25) is 9.69 Å². The number of rotatable bonds is 4. The Kier molecular flexibility index (Phi) is 4.59. The number of aliphatic carboxylic acids is 1. The van der Waals surface area contributed by atoms with E-state index in [4.69, 9.17) is 0 Å². The Labute approximate surface area is 127 Å². The van der Waals surface area contributed by atoms with Crippen molar-refractivity contribution < 1.29 is 9.90 Å². The number of carbonyl (C=O) groups is 1. The van der Waals surface area contributed by atoms with Crippen LogP contribution in [0, 0.1) is 5.92 Å². The Morgan fingerprint density at radius 2 is 1.86 bits per heavy atom. The number of hydrogen-bond acceptors (Lipinski definition) is 2. The van der Waals surface area contributed by atoms with Crippen molar-refractivity contribution >= 4 is 5.97 Å². The van der Waals surface area contributed by atoms with Gasteiger partial charge < -0.3 is 5.11 Å². The molecule has 3 atom stereocenters. The lowest BCUT2D eigenvalue weighted by atomic mass is 9.78. The number of piperidine rings is 1. The van der Waals surface area contributed by atoms with Crippen molar-refractivity contribution in [3.63, 3.8) is 0 Å². The van der Waals surface area contributed by atoms with Crippen molar-refractivity contribution in [3.05, 3.63) is 35.9 Å². The van der Waals surface area contributed by atoms with Crippen molar-refractivity contribution in [2.75, 3.05) is 13.1 Å². The Morgan fingerprint density at radius 1 is 1.14 bits per heavy atom. The smallest absolute Gasteiger partial charge is 0.312 e. The van der Waals surface area contributed by atoms with Crippen LogP contribution in [0.15, 0.2) is 30.3 Å². The fraction of sp³-hybridized carbons (Fsp3) is 0.611. The zero-order valence-corrected chi connectivity index (χ0v) is 12.6. The molecule has 1 aromatic rings. The molecule has 3 heteroatoms. The van der Waals surface area contributed by atoms with E-state index >= 15 is 0 Å². The van der Waals surface area contributed by atoms with Crippen molar-refractivity contribution in [3.8, 4) is 0 Å². The van der Waals surface area contributed by atoms with E-state index < -0.39 is 11.9 Å². The summed E-state index contributed by atoms with van der Waals surface area (Å²) in [4.78, 5) is 14.2. The molecule has 0 amide bonds. The molecule has 1 aliphatic heterocycles. The largest absolute Gasteiger partial charge is 0.481 e. The van der Waals surface area contributed by atoms with Gasteiger partial charge in [-0.05, 0) is 43.7 Å². The van der Waals surface area contributed by atoms with Crippen molar-refractivity contribution in [2.24, 2.45) is 5.92 Å². The fourth-order valence-corrected chi connectivity index (χ4v) is 4.20. The average molecular weight is 287 g/mol. The summed E-state index contributed by atoms with van der Waals surface area (Å²) in [6.07, 6.45) is 7.82. The highest BCUT2D eigenvalue weighted by Crippen LogP contribution is 2.36. The van der Waals surface area contributed by atoms with Gasteiger partial charge in [0.2, 0.25) is 0 Å². The lowest BCUT2D eigenvalue weighted by molar-refractivity contribution is -0.139. The van der Waals surface area contributed by atoms with Crippen LogP contribution in [0.5, 0.6) is 0 Å². The second kappa shape index (κ2) is 6.61. The van der Waals surface area contributed by atoms with Gasteiger partial charge in [-0.1, -0.05) is 43.2 Å². The third kappa shape index (κ3) is 3.29. The molecule has 1 saturated heterocycles. The molecule has 1 unspecified atom stereocenters. The van der Waals surface area contributed by atoms with Gasteiger partial charge in [0.25, 0.3) is 0 Å². The lowest BCUT2D eigenvalue weighted by Gasteiger charge is -2.45. The van der Waals surface area contributed by atoms with Gasteiger partial charge in [0.15, 0.2) is 0 Å². The van der Waals surface area contributed by atoms with Crippen molar-refractivity contribution in [2.45, 2.75) is 50.5 Å². The molecular formula is C18H25NO2. The van der Waals surface area contributed by atoms with E-state index in [1.54, 1.807) is 0 Å². The van der Waals surface area contributed by atoms with Crippen LogP contribution in [0.3, 0.4) is 0 Å². The molecule has 2 aliphatic rings. The number of fused-ring (bicyclic) bond motifs is 1. The Morgan fingerprint density at radius 3 is 2.62 bits per heavy atom. The predicted octanol–water partition coefficient (Wildman–Crippen LogP) is 3.51. The standard InChI is InChI=1S/C18H25NO2/c20-18(21)16(14-7-2-1-3-8-14)13-19-12-6-10-15-9-4-5-11-17(15)19/h1-3,7-8,15-17H,4-6,9-13H2,(H,20,21)/t15-,16?,17-/m1/s1. The second-order valence-electron chi connectivity index (χ2n) is 6.55. The molecular weight excluding hydrogens is 262 g/mol. The van der Waals surface area contributed by atoms with E-state index in [2.05, 4.69) is 4.90 Å². The van der Waals surface area contributed by atoms with Gasteiger partial charge in [0, 0.05) is 12.6 Å². The van der Waals surface area contributed by atoms with E-state index in [0.717, 1.165) is 18.0 Å². The minimum absolute atomic E-state index is 0.396. The quantitative estimate of drug-likeness (QED) is 0.921. The SMILES string of the molecule is O=C(O)C(CN1CCC[C@H]2CCCC[C@H]21)c1ccccc1. The maximum absolute atomic E-state index is 11.7. The molecule has 0 radical (unpaired) electrons. The Bertz CT molecular complexity index is 471. The summed E-state index contributed by atoms with van der Waals surface area (Å²) < 4.78 is 0. The first-order chi connectivity index (χ1) is 10.3. The van der Waals surface area contributed by atoms with E-state index in [1.807, 2.05) is 30.3 Å². The van der Waals surface area contributed by atoms with Crippen LogP contribution in [-0.2, 0) is 4.79 Å². The second-order valence-corrected chi connectivity index (χ2v) is 6.55. The monoisotopic (exact) mass is 287 g/mol. The summed E-state index contributed by atoms with van der Waals surface area (Å²) >= 11 is 0. The summed E-state index contributed by atoms with van der Waals surface area (Å²) in [7, 11) is 0. The van der Waals surface area contributed by atoms with Crippen LogP contribution in [0.1, 0.15) is 50.0 Å². The molecule has 114 valence electrons. The normalized spacial score (nSPS) is 27.8.